The molecule has 0 aliphatic carbocycles. The van der Waals surface area contributed by atoms with Crippen molar-refractivity contribution >= 4 is 43.6 Å². The lowest BCUT2D eigenvalue weighted by atomic mass is 9.98. The Morgan fingerprint density at radius 3 is 1.44 bits per heavy atom. The molecule has 290 valence electrons. The van der Waals surface area contributed by atoms with Gasteiger partial charge < -0.3 is 9.13 Å². The lowest BCUT2D eigenvalue weighted by Crippen LogP contribution is -2.02. The molecule has 62 heavy (non-hydrogen) atoms. The van der Waals surface area contributed by atoms with Crippen LogP contribution in [0.4, 0.5) is 0 Å². The molecule has 3 aromatic heterocycles. The molecule has 0 fully saturated rings. The van der Waals surface area contributed by atoms with Gasteiger partial charge in [0.15, 0.2) is 17.5 Å². The fourth-order valence-electron chi connectivity index (χ4n) is 9.18. The van der Waals surface area contributed by atoms with Crippen LogP contribution in [0.25, 0.3) is 111 Å². The van der Waals surface area contributed by atoms with Gasteiger partial charge in [-0.25, -0.2) is 15.0 Å². The van der Waals surface area contributed by atoms with Crippen molar-refractivity contribution in [1.82, 2.24) is 24.1 Å². The summed E-state index contributed by atoms with van der Waals surface area (Å²) in [5, 5.41) is 4.85. The van der Waals surface area contributed by atoms with E-state index in [1.807, 2.05) is 24.3 Å². The Morgan fingerprint density at radius 1 is 0.274 bits per heavy atom. The SMILES string of the molecule is c1ccc(-c2cccc(-c3nc(-c4ccccc4)nc(-c4cc(-n5c6ccccc6c6c(-n7c8ccccc8c8ccccc87)cccc65)ccc4-c4ccccc4)n3)c2)cc1. The van der Waals surface area contributed by atoms with Crippen molar-refractivity contribution in [1.29, 1.82) is 0 Å². The van der Waals surface area contributed by atoms with Crippen LogP contribution in [0.2, 0.25) is 0 Å². The third-order valence-corrected chi connectivity index (χ3v) is 12.0. The molecule has 0 radical (unpaired) electrons. The van der Waals surface area contributed by atoms with Gasteiger partial charge in [-0.2, -0.15) is 0 Å². The van der Waals surface area contributed by atoms with Crippen molar-refractivity contribution in [2.24, 2.45) is 0 Å². The molecule has 5 heteroatoms. The van der Waals surface area contributed by atoms with Crippen LogP contribution in [0.1, 0.15) is 0 Å². The van der Waals surface area contributed by atoms with E-state index in [4.69, 9.17) is 15.0 Å². The Hall–Kier alpha value is -8.41. The molecule has 0 aliphatic heterocycles. The first kappa shape index (κ1) is 35.5. The minimum absolute atomic E-state index is 0.603. The maximum atomic E-state index is 5.34. The fourth-order valence-corrected chi connectivity index (χ4v) is 9.18. The monoisotopic (exact) mass is 791 g/mol. The molecule has 0 N–H and O–H groups in total. The van der Waals surface area contributed by atoms with Gasteiger partial charge in [0.25, 0.3) is 0 Å². The van der Waals surface area contributed by atoms with Gasteiger partial charge in [0.2, 0.25) is 0 Å². The molecule has 0 bridgehead atoms. The largest absolute Gasteiger partial charge is 0.309 e. The summed E-state index contributed by atoms with van der Waals surface area (Å²) >= 11 is 0. The lowest BCUT2D eigenvalue weighted by Gasteiger charge is -2.16. The molecule has 0 aliphatic rings. The normalized spacial score (nSPS) is 11.5. The van der Waals surface area contributed by atoms with Crippen LogP contribution < -0.4 is 0 Å². The third kappa shape index (κ3) is 5.90. The molecule has 0 spiro atoms. The Bertz CT molecular complexity index is 3570. The number of nitrogens with zero attached hydrogens (tertiary/aromatic N) is 5. The first-order valence-corrected chi connectivity index (χ1v) is 21.0. The van der Waals surface area contributed by atoms with Gasteiger partial charge in [-0.3, -0.25) is 0 Å². The Balaban J connectivity index is 1.11. The predicted octanol–water partition coefficient (Wildman–Crippen LogP) is 14.4. The summed E-state index contributed by atoms with van der Waals surface area (Å²) in [6.45, 7) is 0. The highest BCUT2D eigenvalue weighted by molar-refractivity contribution is 6.16. The summed E-state index contributed by atoms with van der Waals surface area (Å²) in [6, 6.07) is 79.2. The number of hydrogen-bond donors (Lipinski definition) is 0. The van der Waals surface area contributed by atoms with Crippen molar-refractivity contribution in [3.05, 3.63) is 224 Å². The molecule has 12 rings (SSSR count). The Kier molecular flexibility index (Phi) is 8.42. The second-order valence-corrected chi connectivity index (χ2v) is 15.6. The van der Waals surface area contributed by atoms with Crippen molar-refractivity contribution in [2.75, 3.05) is 0 Å². The number of para-hydroxylation sites is 3. The van der Waals surface area contributed by atoms with Crippen LogP contribution in [-0.2, 0) is 0 Å². The van der Waals surface area contributed by atoms with Crippen molar-refractivity contribution < 1.29 is 0 Å². The van der Waals surface area contributed by atoms with Crippen LogP contribution in [0.3, 0.4) is 0 Å². The number of rotatable bonds is 7. The topological polar surface area (TPSA) is 48.5 Å². The van der Waals surface area contributed by atoms with E-state index < -0.39 is 0 Å². The maximum absolute atomic E-state index is 5.34. The molecule has 12 aromatic rings. The van der Waals surface area contributed by atoms with E-state index in [2.05, 4.69) is 209 Å². The summed E-state index contributed by atoms with van der Waals surface area (Å²) in [5.41, 5.74) is 13.9. The van der Waals surface area contributed by atoms with E-state index in [-0.39, 0.29) is 0 Å². The summed E-state index contributed by atoms with van der Waals surface area (Å²) in [7, 11) is 0. The third-order valence-electron chi connectivity index (χ3n) is 12.0. The maximum Gasteiger partial charge on any atom is 0.164 e. The molecular formula is C57H37N5. The van der Waals surface area contributed by atoms with Gasteiger partial charge in [0.1, 0.15) is 0 Å². The second kappa shape index (κ2) is 14.7. The zero-order chi connectivity index (χ0) is 41.0. The van der Waals surface area contributed by atoms with Crippen LogP contribution in [-0.4, -0.2) is 24.1 Å². The van der Waals surface area contributed by atoms with Gasteiger partial charge in [-0.15, -0.1) is 0 Å². The molecule has 3 heterocycles. The Morgan fingerprint density at radius 2 is 0.758 bits per heavy atom. The highest BCUT2D eigenvalue weighted by Crippen LogP contribution is 2.42. The zero-order valence-electron chi connectivity index (χ0n) is 33.6. The van der Waals surface area contributed by atoms with Crippen LogP contribution >= 0.6 is 0 Å². The molecular weight excluding hydrogens is 755 g/mol. The van der Waals surface area contributed by atoms with E-state index in [1.165, 1.54) is 32.6 Å². The van der Waals surface area contributed by atoms with E-state index in [0.717, 1.165) is 61.4 Å². The first-order chi connectivity index (χ1) is 30.8. The van der Waals surface area contributed by atoms with Gasteiger partial charge in [-0.1, -0.05) is 176 Å². The number of benzene rings is 9. The molecule has 0 unspecified atom stereocenters. The second-order valence-electron chi connectivity index (χ2n) is 15.6. The number of fused-ring (bicyclic) bond motifs is 6. The molecule has 0 saturated heterocycles. The average Bonchev–Trinajstić information content (AvgIpc) is 3.88. The predicted molar refractivity (Wildman–Crippen MR) is 256 cm³/mol. The van der Waals surface area contributed by atoms with Crippen LogP contribution in [0, 0.1) is 0 Å². The Labute approximate surface area is 358 Å². The van der Waals surface area contributed by atoms with E-state index >= 15 is 0 Å². The molecule has 5 nitrogen and oxygen atoms in total. The number of hydrogen-bond acceptors (Lipinski definition) is 3. The van der Waals surface area contributed by atoms with Gasteiger partial charge in [0.05, 0.1) is 27.8 Å². The highest BCUT2D eigenvalue weighted by Gasteiger charge is 2.22. The van der Waals surface area contributed by atoms with E-state index in [1.54, 1.807) is 0 Å². The van der Waals surface area contributed by atoms with Crippen LogP contribution in [0.5, 0.6) is 0 Å². The minimum Gasteiger partial charge on any atom is -0.309 e. The average molecular weight is 792 g/mol. The summed E-state index contributed by atoms with van der Waals surface area (Å²) in [6.07, 6.45) is 0. The fraction of sp³-hybridized carbons (Fsp3) is 0. The van der Waals surface area contributed by atoms with Crippen molar-refractivity contribution in [3.8, 4) is 67.8 Å². The van der Waals surface area contributed by atoms with Gasteiger partial charge in [-0.05, 0) is 70.8 Å². The number of aromatic nitrogens is 5. The quantitative estimate of drug-likeness (QED) is 0.162. The molecule has 0 atom stereocenters. The van der Waals surface area contributed by atoms with Crippen molar-refractivity contribution in [2.45, 2.75) is 0 Å². The van der Waals surface area contributed by atoms with E-state index in [9.17, 15) is 0 Å². The summed E-state index contributed by atoms with van der Waals surface area (Å²) in [5.74, 6) is 1.84. The summed E-state index contributed by atoms with van der Waals surface area (Å²) in [4.78, 5) is 15.8. The van der Waals surface area contributed by atoms with Gasteiger partial charge in [0, 0.05) is 43.9 Å². The zero-order valence-corrected chi connectivity index (χ0v) is 33.6. The van der Waals surface area contributed by atoms with Gasteiger partial charge >= 0.3 is 0 Å². The van der Waals surface area contributed by atoms with Crippen molar-refractivity contribution in [3.63, 3.8) is 0 Å². The van der Waals surface area contributed by atoms with Crippen LogP contribution in [0.15, 0.2) is 224 Å². The summed E-state index contributed by atoms with van der Waals surface area (Å²) < 4.78 is 4.82. The molecule has 0 saturated carbocycles. The smallest absolute Gasteiger partial charge is 0.164 e. The van der Waals surface area contributed by atoms with E-state index in [0.29, 0.717) is 17.5 Å². The molecule has 0 amide bonds. The lowest BCUT2D eigenvalue weighted by molar-refractivity contribution is 1.07. The highest BCUT2D eigenvalue weighted by atomic mass is 15.0. The standard InChI is InChI=1S/C57H37N5/c1-4-18-38(19-5-1)41-24-16-25-42(36-41)56-58-55(40-22-8-3-9-23-40)59-57(60-56)48-37-43(34-35-44(48)39-20-6-2-7-21-39)61-51-31-15-12-28-47(51)54-52(61)32-17-33-53(54)62-49-29-13-10-26-45(49)46-27-11-14-30-50(46)62/h1-37H. The first-order valence-electron chi connectivity index (χ1n) is 21.0. The molecule has 9 aromatic carbocycles. The minimum atomic E-state index is 0.603.